The van der Waals surface area contributed by atoms with Gasteiger partial charge in [0.15, 0.2) is 0 Å². The van der Waals surface area contributed by atoms with Crippen molar-refractivity contribution >= 4 is 0 Å². The number of hydrogen-bond donors (Lipinski definition) is 2. The van der Waals surface area contributed by atoms with E-state index < -0.39 is 6.10 Å². The summed E-state index contributed by atoms with van der Waals surface area (Å²) < 4.78 is 6.13. The molecule has 0 bridgehead atoms. The zero-order chi connectivity index (χ0) is 17.9. The van der Waals surface area contributed by atoms with Gasteiger partial charge in [-0.25, -0.2) is 0 Å². The molecule has 3 fully saturated rings. The van der Waals surface area contributed by atoms with Crippen LogP contribution in [-0.2, 0) is 0 Å². The van der Waals surface area contributed by atoms with Gasteiger partial charge >= 0.3 is 0 Å². The topological polar surface area (TPSA) is 56.2 Å². The van der Waals surface area contributed by atoms with Crippen molar-refractivity contribution in [1.29, 1.82) is 0 Å². The van der Waals surface area contributed by atoms with Crippen molar-refractivity contribution in [2.24, 2.45) is 0 Å². The average Bonchev–Trinajstić information content (AvgIpc) is 3.11. The van der Waals surface area contributed by atoms with E-state index in [4.69, 9.17) is 4.74 Å². The smallest absolute Gasteiger partial charge is 0.126 e. The molecule has 0 spiro atoms. The van der Waals surface area contributed by atoms with Gasteiger partial charge in [0.05, 0.1) is 0 Å². The van der Waals surface area contributed by atoms with Crippen molar-refractivity contribution in [3.63, 3.8) is 0 Å². The van der Waals surface area contributed by atoms with E-state index in [0.29, 0.717) is 12.1 Å². The first-order chi connectivity index (χ1) is 12.8. The number of aliphatic hydroxyl groups is 2. The second-order valence-electron chi connectivity index (χ2n) is 8.11. The maximum Gasteiger partial charge on any atom is 0.126 e. The third-order valence-electron chi connectivity index (χ3n) is 6.52. The molecule has 1 saturated carbocycles. The molecule has 5 heteroatoms. The number of piperazine rings is 1. The summed E-state index contributed by atoms with van der Waals surface area (Å²) in [5.41, 5.74) is 0. The molecule has 5 nitrogen and oxygen atoms in total. The van der Waals surface area contributed by atoms with Gasteiger partial charge in [0.25, 0.3) is 0 Å². The van der Waals surface area contributed by atoms with Gasteiger partial charge in [0.1, 0.15) is 18.0 Å². The molecule has 2 heterocycles. The summed E-state index contributed by atoms with van der Waals surface area (Å²) in [6.45, 7) is 3.45. The van der Waals surface area contributed by atoms with Crippen LogP contribution in [0.4, 0.5) is 0 Å². The largest absolute Gasteiger partial charge is 0.488 e. The number of ether oxygens (including phenoxy) is 1. The minimum Gasteiger partial charge on any atom is -0.488 e. The highest BCUT2D eigenvalue weighted by molar-refractivity contribution is 5.21. The summed E-state index contributed by atoms with van der Waals surface area (Å²) >= 11 is 0. The normalized spacial score (nSPS) is 36.0. The molecule has 1 aromatic rings. The molecule has 5 atom stereocenters. The van der Waals surface area contributed by atoms with E-state index in [2.05, 4.69) is 9.80 Å². The molecule has 2 aliphatic heterocycles. The molecule has 2 unspecified atom stereocenters. The number of hydrogen-bond acceptors (Lipinski definition) is 5. The lowest BCUT2D eigenvalue weighted by atomic mass is 9.86. The summed E-state index contributed by atoms with van der Waals surface area (Å²) in [6.07, 6.45) is 5.70. The van der Waals surface area contributed by atoms with Crippen molar-refractivity contribution < 1.29 is 14.9 Å². The molecule has 2 saturated heterocycles. The van der Waals surface area contributed by atoms with E-state index >= 15 is 0 Å². The van der Waals surface area contributed by atoms with Gasteiger partial charge < -0.3 is 14.9 Å². The highest BCUT2D eigenvalue weighted by Gasteiger charge is 2.44. The SMILES string of the molecule is OCCC1CN2CCCC2CN1[C@H]1CCC[C@@H](Oc2ccccc2)[C@@H]1O. The molecular formula is C21H32N2O3. The van der Waals surface area contributed by atoms with Crippen LogP contribution in [0.15, 0.2) is 30.3 Å². The maximum absolute atomic E-state index is 11.1. The Kier molecular flexibility index (Phi) is 5.79. The van der Waals surface area contributed by atoms with Gasteiger partial charge in [-0.05, 0) is 57.2 Å². The zero-order valence-electron chi connectivity index (χ0n) is 15.5. The lowest BCUT2D eigenvalue weighted by Gasteiger charge is -2.50. The summed E-state index contributed by atoms with van der Waals surface area (Å²) in [5.74, 6) is 0.838. The predicted octanol–water partition coefficient (Wildman–Crippen LogP) is 1.88. The highest BCUT2D eigenvalue weighted by atomic mass is 16.5. The fourth-order valence-corrected chi connectivity index (χ4v) is 5.20. The first kappa shape index (κ1) is 18.2. The van der Waals surface area contributed by atoms with Crippen LogP contribution >= 0.6 is 0 Å². The number of benzene rings is 1. The Labute approximate surface area is 156 Å². The van der Waals surface area contributed by atoms with Crippen LogP contribution in [0.2, 0.25) is 0 Å². The van der Waals surface area contributed by atoms with E-state index in [-0.39, 0.29) is 18.8 Å². The van der Waals surface area contributed by atoms with Gasteiger partial charge in [-0.15, -0.1) is 0 Å². The van der Waals surface area contributed by atoms with Crippen LogP contribution in [0, 0.1) is 0 Å². The summed E-state index contributed by atoms with van der Waals surface area (Å²) in [4.78, 5) is 5.10. The molecule has 3 aliphatic rings. The maximum atomic E-state index is 11.1. The standard InChI is InChI=1S/C21H32N2O3/c24-13-11-17-14-22-12-5-6-16(22)15-23(17)19-9-4-10-20(21(19)25)26-18-7-2-1-3-8-18/h1-3,7-8,16-17,19-21,24-25H,4-6,9-15H2/t16?,17?,19-,20+,21+/m0/s1. The number of fused-ring (bicyclic) bond motifs is 1. The molecule has 2 N–H and O–H groups in total. The van der Waals surface area contributed by atoms with Gasteiger partial charge in [0, 0.05) is 37.8 Å². The van der Waals surface area contributed by atoms with Crippen LogP contribution in [0.3, 0.4) is 0 Å². The molecule has 0 radical (unpaired) electrons. The first-order valence-corrected chi connectivity index (χ1v) is 10.3. The monoisotopic (exact) mass is 360 g/mol. The Morgan fingerprint density at radius 3 is 2.69 bits per heavy atom. The van der Waals surface area contributed by atoms with Gasteiger partial charge in [-0.3, -0.25) is 9.80 Å². The van der Waals surface area contributed by atoms with Gasteiger partial charge in [-0.2, -0.15) is 0 Å². The average molecular weight is 360 g/mol. The number of para-hydroxylation sites is 1. The number of rotatable bonds is 5. The Morgan fingerprint density at radius 2 is 1.88 bits per heavy atom. The van der Waals surface area contributed by atoms with Crippen LogP contribution in [0.25, 0.3) is 0 Å². The third-order valence-corrected chi connectivity index (χ3v) is 6.52. The van der Waals surface area contributed by atoms with E-state index in [9.17, 15) is 10.2 Å². The molecule has 1 aromatic carbocycles. The fraction of sp³-hybridized carbons (Fsp3) is 0.714. The van der Waals surface area contributed by atoms with Crippen molar-refractivity contribution in [3.8, 4) is 5.75 Å². The van der Waals surface area contributed by atoms with Gasteiger partial charge in [0.2, 0.25) is 0 Å². The van der Waals surface area contributed by atoms with Crippen molar-refractivity contribution in [2.75, 3.05) is 26.2 Å². The minimum atomic E-state index is -0.474. The highest BCUT2D eigenvalue weighted by Crippen LogP contribution is 2.33. The van der Waals surface area contributed by atoms with Gasteiger partial charge in [-0.1, -0.05) is 18.2 Å². The first-order valence-electron chi connectivity index (χ1n) is 10.3. The quantitative estimate of drug-likeness (QED) is 0.840. The second kappa shape index (κ2) is 8.26. The summed E-state index contributed by atoms with van der Waals surface area (Å²) in [6, 6.07) is 10.9. The second-order valence-corrected chi connectivity index (χ2v) is 8.11. The Balaban J connectivity index is 1.47. The van der Waals surface area contributed by atoms with E-state index in [0.717, 1.165) is 44.5 Å². The number of aliphatic hydroxyl groups excluding tert-OH is 2. The van der Waals surface area contributed by atoms with E-state index in [1.807, 2.05) is 30.3 Å². The predicted molar refractivity (Wildman–Crippen MR) is 101 cm³/mol. The van der Waals surface area contributed by atoms with Crippen LogP contribution in [-0.4, -0.2) is 76.6 Å². The van der Waals surface area contributed by atoms with Crippen LogP contribution in [0.5, 0.6) is 5.75 Å². The lowest BCUT2D eigenvalue weighted by molar-refractivity contribution is -0.0883. The number of nitrogens with zero attached hydrogens (tertiary/aromatic N) is 2. The summed E-state index contributed by atoms with van der Waals surface area (Å²) in [5, 5.41) is 20.7. The fourth-order valence-electron chi connectivity index (χ4n) is 5.20. The van der Waals surface area contributed by atoms with Crippen molar-refractivity contribution in [1.82, 2.24) is 9.80 Å². The van der Waals surface area contributed by atoms with Crippen LogP contribution in [0.1, 0.15) is 38.5 Å². The Morgan fingerprint density at radius 1 is 1.04 bits per heavy atom. The Bertz CT molecular complexity index is 570. The van der Waals surface area contributed by atoms with E-state index in [1.54, 1.807) is 0 Å². The third kappa shape index (κ3) is 3.77. The molecule has 1 aliphatic carbocycles. The molecule has 0 aromatic heterocycles. The lowest BCUT2D eigenvalue weighted by Crippen LogP contribution is -2.63. The molecule has 144 valence electrons. The minimum absolute atomic E-state index is 0.136. The van der Waals surface area contributed by atoms with Crippen LogP contribution < -0.4 is 4.74 Å². The van der Waals surface area contributed by atoms with Crippen molar-refractivity contribution in [2.45, 2.75) is 68.9 Å². The van der Waals surface area contributed by atoms with Crippen molar-refractivity contribution in [3.05, 3.63) is 30.3 Å². The molecule has 26 heavy (non-hydrogen) atoms. The molecule has 4 rings (SSSR count). The van der Waals surface area contributed by atoms with E-state index in [1.165, 1.54) is 19.4 Å². The molecular weight excluding hydrogens is 328 g/mol. The molecule has 0 amide bonds. The summed E-state index contributed by atoms with van der Waals surface area (Å²) in [7, 11) is 0. The Hall–Kier alpha value is -1.14. The zero-order valence-corrected chi connectivity index (χ0v) is 15.5.